The number of nitrogens with one attached hydrogen (secondary N) is 2. The Kier molecular flexibility index (Phi) is 4.21. The molecule has 1 fully saturated rings. The summed E-state index contributed by atoms with van der Waals surface area (Å²) in [6.45, 7) is 4.17. The van der Waals surface area contributed by atoms with Gasteiger partial charge in [0.05, 0.1) is 18.4 Å². The molecule has 0 aromatic carbocycles. The second kappa shape index (κ2) is 5.89. The summed E-state index contributed by atoms with van der Waals surface area (Å²) in [5.41, 5.74) is 0. The molecule has 3 unspecified atom stereocenters. The Balaban J connectivity index is 2.01. The van der Waals surface area contributed by atoms with Gasteiger partial charge in [-0.15, -0.1) is 5.10 Å². The van der Waals surface area contributed by atoms with E-state index in [1.165, 1.54) is 0 Å². The molecule has 0 aliphatic heterocycles. The minimum absolute atomic E-state index is 0.150. The van der Waals surface area contributed by atoms with E-state index >= 15 is 0 Å². The number of H-pyrrole nitrogens is 1. The Morgan fingerprint density at radius 2 is 2.15 bits per heavy atom. The summed E-state index contributed by atoms with van der Waals surface area (Å²) in [5.74, 6) is -2.06. The Labute approximate surface area is 115 Å². The number of carboxylic acid groups (broad SMARTS) is 1. The SMILES string of the molecule is CCOc1n[nH]c(NC(=O)C2CC(C)CC2C(=O)O)n1. The molecule has 1 aliphatic carbocycles. The van der Waals surface area contributed by atoms with Crippen LogP contribution in [0.3, 0.4) is 0 Å². The fourth-order valence-corrected chi connectivity index (χ4v) is 2.56. The maximum absolute atomic E-state index is 12.1. The van der Waals surface area contributed by atoms with E-state index in [2.05, 4.69) is 20.5 Å². The number of anilines is 1. The van der Waals surface area contributed by atoms with Gasteiger partial charge in [-0.3, -0.25) is 14.9 Å². The van der Waals surface area contributed by atoms with E-state index in [4.69, 9.17) is 9.84 Å². The number of carbonyl (C=O) groups excluding carboxylic acids is 1. The molecule has 2 rings (SSSR count). The van der Waals surface area contributed by atoms with E-state index < -0.39 is 17.8 Å². The highest BCUT2D eigenvalue weighted by Gasteiger charge is 2.41. The molecule has 1 saturated carbocycles. The lowest BCUT2D eigenvalue weighted by atomic mass is 9.95. The molecule has 0 saturated heterocycles. The van der Waals surface area contributed by atoms with Gasteiger partial charge in [-0.1, -0.05) is 6.92 Å². The first-order valence-electron chi connectivity index (χ1n) is 6.60. The van der Waals surface area contributed by atoms with Crippen LogP contribution in [0.1, 0.15) is 26.7 Å². The summed E-state index contributed by atoms with van der Waals surface area (Å²) in [5, 5.41) is 18.0. The quantitative estimate of drug-likeness (QED) is 0.738. The van der Waals surface area contributed by atoms with Crippen LogP contribution in [0, 0.1) is 17.8 Å². The topological polar surface area (TPSA) is 117 Å². The van der Waals surface area contributed by atoms with E-state index in [1.807, 2.05) is 6.92 Å². The molecule has 3 atom stereocenters. The first kappa shape index (κ1) is 14.3. The Bertz CT molecular complexity index is 501. The van der Waals surface area contributed by atoms with Gasteiger partial charge in [0.1, 0.15) is 0 Å². The molecular formula is C12H18N4O4. The number of aromatic amines is 1. The smallest absolute Gasteiger partial charge is 0.337 e. The van der Waals surface area contributed by atoms with Gasteiger partial charge < -0.3 is 9.84 Å². The fourth-order valence-electron chi connectivity index (χ4n) is 2.56. The van der Waals surface area contributed by atoms with Crippen LogP contribution in [-0.4, -0.2) is 38.8 Å². The van der Waals surface area contributed by atoms with E-state index in [9.17, 15) is 9.59 Å². The third-order valence-corrected chi connectivity index (χ3v) is 3.43. The Hall–Kier alpha value is -2.12. The third kappa shape index (κ3) is 3.06. The minimum Gasteiger partial charge on any atom is -0.481 e. The number of carboxylic acids is 1. The number of ether oxygens (including phenoxy) is 1. The molecule has 20 heavy (non-hydrogen) atoms. The summed E-state index contributed by atoms with van der Waals surface area (Å²) in [4.78, 5) is 27.2. The zero-order valence-electron chi connectivity index (χ0n) is 11.4. The monoisotopic (exact) mass is 282 g/mol. The summed E-state index contributed by atoms with van der Waals surface area (Å²) >= 11 is 0. The fraction of sp³-hybridized carbons (Fsp3) is 0.667. The second-order valence-corrected chi connectivity index (χ2v) is 5.02. The predicted octanol–water partition coefficient (Wildman–Crippen LogP) is 0.889. The van der Waals surface area contributed by atoms with Crippen molar-refractivity contribution in [3.63, 3.8) is 0 Å². The normalized spacial score (nSPS) is 25.4. The molecule has 8 nitrogen and oxygen atoms in total. The highest BCUT2D eigenvalue weighted by molar-refractivity contribution is 5.94. The number of amides is 1. The van der Waals surface area contributed by atoms with Crippen molar-refractivity contribution in [2.75, 3.05) is 11.9 Å². The summed E-state index contributed by atoms with van der Waals surface area (Å²) in [6, 6.07) is 0.150. The standard InChI is InChI=1S/C12H18N4O4/c1-3-20-12-14-11(15-16-12)13-9(17)7-4-6(2)5-8(7)10(18)19/h6-8H,3-5H2,1-2H3,(H,18,19)(H2,13,14,15,16,17). The number of aliphatic carboxylic acids is 1. The Morgan fingerprint density at radius 3 is 2.80 bits per heavy atom. The molecule has 1 aromatic heterocycles. The molecule has 0 spiro atoms. The van der Waals surface area contributed by atoms with Crippen LogP contribution in [0.15, 0.2) is 0 Å². The molecule has 1 aromatic rings. The van der Waals surface area contributed by atoms with Crippen LogP contribution in [0.25, 0.3) is 0 Å². The Morgan fingerprint density at radius 1 is 1.45 bits per heavy atom. The molecule has 8 heteroatoms. The van der Waals surface area contributed by atoms with Crippen LogP contribution in [0.4, 0.5) is 5.95 Å². The first-order valence-corrected chi connectivity index (χ1v) is 6.60. The van der Waals surface area contributed by atoms with Gasteiger partial charge in [-0.25, -0.2) is 5.10 Å². The van der Waals surface area contributed by atoms with Gasteiger partial charge in [0.2, 0.25) is 11.9 Å². The highest BCUT2D eigenvalue weighted by atomic mass is 16.5. The van der Waals surface area contributed by atoms with Crippen LogP contribution in [0.5, 0.6) is 6.01 Å². The van der Waals surface area contributed by atoms with E-state index in [1.54, 1.807) is 6.92 Å². The predicted molar refractivity (Wildman–Crippen MR) is 69.2 cm³/mol. The van der Waals surface area contributed by atoms with Crippen LogP contribution in [-0.2, 0) is 9.59 Å². The van der Waals surface area contributed by atoms with Gasteiger partial charge in [0.15, 0.2) is 0 Å². The van der Waals surface area contributed by atoms with Crippen molar-refractivity contribution in [2.45, 2.75) is 26.7 Å². The molecule has 0 radical (unpaired) electrons. The highest BCUT2D eigenvalue weighted by Crippen LogP contribution is 2.36. The van der Waals surface area contributed by atoms with Crippen molar-refractivity contribution in [2.24, 2.45) is 17.8 Å². The number of nitrogens with zero attached hydrogens (tertiary/aromatic N) is 2. The van der Waals surface area contributed by atoms with Gasteiger partial charge in [0.25, 0.3) is 0 Å². The molecule has 1 heterocycles. The lowest BCUT2D eigenvalue weighted by molar-refractivity contribution is -0.145. The summed E-state index contributed by atoms with van der Waals surface area (Å²) in [7, 11) is 0. The average molecular weight is 282 g/mol. The molecule has 3 N–H and O–H groups in total. The number of aromatic nitrogens is 3. The van der Waals surface area contributed by atoms with Crippen molar-refractivity contribution in [1.82, 2.24) is 15.2 Å². The average Bonchev–Trinajstić information content (AvgIpc) is 2.96. The van der Waals surface area contributed by atoms with Gasteiger partial charge in [0, 0.05) is 0 Å². The van der Waals surface area contributed by atoms with E-state index in [0.717, 1.165) is 0 Å². The van der Waals surface area contributed by atoms with Crippen LogP contribution < -0.4 is 10.1 Å². The van der Waals surface area contributed by atoms with Crippen molar-refractivity contribution >= 4 is 17.8 Å². The minimum atomic E-state index is -0.929. The third-order valence-electron chi connectivity index (χ3n) is 3.43. The van der Waals surface area contributed by atoms with Crippen molar-refractivity contribution < 1.29 is 19.4 Å². The van der Waals surface area contributed by atoms with Gasteiger partial charge in [-0.05, 0) is 25.7 Å². The first-order chi connectivity index (χ1) is 9.51. The van der Waals surface area contributed by atoms with Crippen molar-refractivity contribution in [1.29, 1.82) is 0 Å². The molecule has 0 bridgehead atoms. The zero-order chi connectivity index (χ0) is 14.7. The van der Waals surface area contributed by atoms with Crippen molar-refractivity contribution in [3.8, 4) is 6.01 Å². The van der Waals surface area contributed by atoms with E-state index in [-0.39, 0.29) is 23.8 Å². The second-order valence-electron chi connectivity index (χ2n) is 5.02. The van der Waals surface area contributed by atoms with Crippen LogP contribution in [0.2, 0.25) is 0 Å². The zero-order valence-corrected chi connectivity index (χ0v) is 11.4. The van der Waals surface area contributed by atoms with Gasteiger partial charge >= 0.3 is 12.0 Å². The van der Waals surface area contributed by atoms with Crippen molar-refractivity contribution in [3.05, 3.63) is 0 Å². The van der Waals surface area contributed by atoms with Crippen LogP contribution >= 0.6 is 0 Å². The number of hydrogen-bond acceptors (Lipinski definition) is 5. The summed E-state index contributed by atoms with van der Waals surface area (Å²) in [6.07, 6.45) is 1.09. The number of carbonyl (C=O) groups is 2. The maximum atomic E-state index is 12.1. The maximum Gasteiger partial charge on any atom is 0.337 e. The number of hydrogen-bond donors (Lipinski definition) is 3. The number of rotatable bonds is 5. The van der Waals surface area contributed by atoms with Gasteiger partial charge in [-0.2, -0.15) is 4.98 Å². The van der Waals surface area contributed by atoms with E-state index in [0.29, 0.717) is 19.4 Å². The molecule has 110 valence electrons. The summed E-state index contributed by atoms with van der Waals surface area (Å²) < 4.78 is 5.07. The lowest BCUT2D eigenvalue weighted by Crippen LogP contribution is -2.30. The molecule has 1 aliphatic rings. The molecular weight excluding hydrogens is 264 g/mol. The lowest BCUT2D eigenvalue weighted by Gasteiger charge is -2.13. The largest absolute Gasteiger partial charge is 0.481 e. The molecule has 1 amide bonds.